The van der Waals surface area contributed by atoms with Crippen LogP contribution in [0.4, 0.5) is 16.0 Å². The average molecular weight is 461 g/mol. The minimum absolute atomic E-state index is 0.278. The van der Waals surface area contributed by atoms with Crippen LogP contribution in [-0.2, 0) is 4.74 Å². The van der Waals surface area contributed by atoms with E-state index in [4.69, 9.17) is 14.7 Å². The lowest BCUT2D eigenvalue weighted by atomic mass is 10.1. The Labute approximate surface area is 198 Å². The maximum Gasteiger partial charge on any atom is 0.223 e. The van der Waals surface area contributed by atoms with Gasteiger partial charge in [-0.2, -0.15) is 0 Å². The lowest BCUT2D eigenvalue weighted by Crippen LogP contribution is -2.16. The van der Waals surface area contributed by atoms with Gasteiger partial charge in [0.2, 0.25) is 5.95 Å². The summed E-state index contributed by atoms with van der Waals surface area (Å²) in [4.78, 5) is 14.3. The number of aromatic nitrogens is 4. The first-order valence-electron chi connectivity index (χ1n) is 11.8. The molecule has 0 spiro atoms. The molecule has 0 saturated heterocycles. The third kappa shape index (κ3) is 4.72. The zero-order valence-corrected chi connectivity index (χ0v) is 19.3. The van der Waals surface area contributed by atoms with Gasteiger partial charge in [0.1, 0.15) is 5.82 Å². The van der Waals surface area contributed by atoms with E-state index in [2.05, 4.69) is 15.6 Å². The number of halogens is 1. The maximum atomic E-state index is 13.7. The number of benzene rings is 1. The first-order valence-corrected chi connectivity index (χ1v) is 11.8. The lowest BCUT2D eigenvalue weighted by molar-refractivity contribution is 0.198. The van der Waals surface area contributed by atoms with Crippen LogP contribution in [0.1, 0.15) is 32.1 Å². The SMILES string of the molecule is COCCCNc1cccn2c(-c3ccnc(NC4CCCC4)n3)c(-c3ccc(F)cc3)nc12. The number of nitrogens with one attached hydrogen (secondary N) is 2. The molecule has 4 aromatic rings. The van der Waals surface area contributed by atoms with Gasteiger partial charge in [0.15, 0.2) is 5.65 Å². The van der Waals surface area contributed by atoms with Gasteiger partial charge in [-0.1, -0.05) is 12.8 Å². The third-order valence-corrected chi connectivity index (χ3v) is 6.19. The third-order valence-electron chi connectivity index (χ3n) is 6.19. The van der Waals surface area contributed by atoms with Crippen LogP contribution in [0.3, 0.4) is 0 Å². The smallest absolute Gasteiger partial charge is 0.223 e. The minimum atomic E-state index is -0.278. The molecular weight excluding hydrogens is 431 g/mol. The van der Waals surface area contributed by atoms with Crippen molar-refractivity contribution in [3.05, 3.63) is 60.7 Å². The van der Waals surface area contributed by atoms with Crippen molar-refractivity contribution < 1.29 is 9.13 Å². The topological polar surface area (TPSA) is 76.4 Å². The van der Waals surface area contributed by atoms with Crippen molar-refractivity contribution in [2.75, 3.05) is 30.9 Å². The summed E-state index contributed by atoms with van der Waals surface area (Å²) < 4.78 is 20.9. The molecule has 1 aromatic carbocycles. The van der Waals surface area contributed by atoms with E-state index in [1.165, 1.54) is 25.0 Å². The molecule has 0 unspecified atom stereocenters. The number of imidazole rings is 1. The number of rotatable bonds is 9. The monoisotopic (exact) mass is 460 g/mol. The summed E-state index contributed by atoms with van der Waals surface area (Å²) in [6, 6.07) is 12.7. The molecule has 0 radical (unpaired) electrons. The van der Waals surface area contributed by atoms with E-state index in [-0.39, 0.29) is 5.82 Å². The predicted molar refractivity (Wildman–Crippen MR) is 132 cm³/mol. The van der Waals surface area contributed by atoms with Gasteiger partial charge in [-0.3, -0.25) is 4.40 Å². The molecule has 0 amide bonds. The number of hydrogen-bond acceptors (Lipinski definition) is 6. The van der Waals surface area contributed by atoms with Crippen LogP contribution in [0.5, 0.6) is 0 Å². The van der Waals surface area contributed by atoms with Crippen LogP contribution >= 0.6 is 0 Å². The van der Waals surface area contributed by atoms with Crippen LogP contribution < -0.4 is 10.6 Å². The van der Waals surface area contributed by atoms with Gasteiger partial charge in [0.05, 0.1) is 22.8 Å². The summed E-state index contributed by atoms with van der Waals surface area (Å²) >= 11 is 0. The predicted octanol–water partition coefficient (Wildman–Crippen LogP) is 5.40. The van der Waals surface area contributed by atoms with E-state index in [0.29, 0.717) is 18.6 Å². The van der Waals surface area contributed by atoms with Gasteiger partial charge >= 0.3 is 0 Å². The van der Waals surface area contributed by atoms with Crippen molar-refractivity contribution in [2.24, 2.45) is 0 Å². The number of anilines is 2. The van der Waals surface area contributed by atoms with E-state index in [1.54, 1.807) is 25.4 Å². The maximum absolute atomic E-state index is 13.7. The molecule has 0 bridgehead atoms. The first-order chi connectivity index (χ1) is 16.7. The Morgan fingerprint density at radius 2 is 1.91 bits per heavy atom. The largest absolute Gasteiger partial charge is 0.385 e. The van der Waals surface area contributed by atoms with Crippen molar-refractivity contribution in [3.63, 3.8) is 0 Å². The molecule has 1 saturated carbocycles. The van der Waals surface area contributed by atoms with E-state index in [0.717, 1.165) is 59.8 Å². The minimum Gasteiger partial charge on any atom is -0.385 e. The van der Waals surface area contributed by atoms with Gasteiger partial charge in [-0.05, 0) is 61.7 Å². The second kappa shape index (κ2) is 10.2. The highest BCUT2D eigenvalue weighted by Crippen LogP contribution is 2.34. The van der Waals surface area contributed by atoms with Crippen LogP contribution in [0, 0.1) is 5.82 Å². The van der Waals surface area contributed by atoms with Gasteiger partial charge in [-0.25, -0.2) is 19.3 Å². The molecule has 7 nitrogen and oxygen atoms in total. The van der Waals surface area contributed by atoms with Crippen molar-refractivity contribution in [3.8, 4) is 22.6 Å². The summed E-state index contributed by atoms with van der Waals surface area (Å²) in [5, 5.41) is 6.95. The van der Waals surface area contributed by atoms with E-state index < -0.39 is 0 Å². The molecule has 34 heavy (non-hydrogen) atoms. The Bertz CT molecular complexity index is 1250. The van der Waals surface area contributed by atoms with Crippen LogP contribution in [0.15, 0.2) is 54.9 Å². The fourth-order valence-electron chi connectivity index (χ4n) is 4.51. The quantitative estimate of drug-likeness (QED) is 0.326. The van der Waals surface area contributed by atoms with Gasteiger partial charge in [0.25, 0.3) is 0 Å². The van der Waals surface area contributed by atoms with E-state index in [1.807, 2.05) is 28.8 Å². The molecule has 2 N–H and O–H groups in total. The van der Waals surface area contributed by atoms with Gasteiger partial charge < -0.3 is 15.4 Å². The number of ether oxygens (including phenoxy) is 1. The zero-order chi connectivity index (χ0) is 23.3. The van der Waals surface area contributed by atoms with Crippen molar-refractivity contribution >= 4 is 17.3 Å². The molecule has 176 valence electrons. The second-order valence-electron chi connectivity index (χ2n) is 8.60. The molecule has 1 aliphatic rings. The molecule has 3 heterocycles. The Morgan fingerprint density at radius 1 is 1.09 bits per heavy atom. The van der Waals surface area contributed by atoms with Crippen molar-refractivity contribution in [1.82, 2.24) is 19.4 Å². The molecule has 5 rings (SSSR count). The summed E-state index contributed by atoms with van der Waals surface area (Å²) in [5.41, 5.74) is 4.90. The standard InChI is InChI=1S/C26H29FN6O/c1-34-17-5-14-28-22-8-4-16-33-24(23(32-25(22)33)18-9-11-19(27)12-10-18)21-13-15-29-26(31-21)30-20-6-2-3-7-20/h4,8-13,15-16,20,28H,2-3,5-7,14,17H2,1H3,(H,29,30,31). The molecule has 0 aliphatic heterocycles. The number of methoxy groups -OCH3 is 1. The molecule has 1 fully saturated rings. The molecular formula is C26H29FN6O. The van der Waals surface area contributed by atoms with Gasteiger partial charge in [0, 0.05) is 44.3 Å². The highest BCUT2D eigenvalue weighted by atomic mass is 19.1. The van der Waals surface area contributed by atoms with E-state index in [9.17, 15) is 4.39 Å². The fraction of sp³-hybridized carbons (Fsp3) is 0.346. The lowest BCUT2D eigenvalue weighted by Gasteiger charge is -2.13. The van der Waals surface area contributed by atoms with Gasteiger partial charge in [-0.15, -0.1) is 0 Å². The molecule has 1 aliphatic carbocycles. The Kier molecular flexibility index (Phi) is 6.67. The van der Waals surface area contributed by atoms with Crippen molar-refractivity contribution in [2.45, 2.75) is 38.1 Å². The van der Waals surface area contributed by atoms with Crippen LogP contribution in [0.2, 0.25) is 0 Å². The molecule has 0 atom stereocenters. The summed E-state index contributed by atoms with van der Waals surface area (Å²) in [6.45, 7) is 1.46. The average Bonchev–Trinajstić information content (AvgIpc) is 3.51. The Morgan fingerprint density at radius 3 is 2.71 bits per heavy atom. The number of pyridine rings is 1. The molecule has 8 heteroatoms. The highest BCUT2D eigenvalue weighted by molar-refractivity contribution is 5.84. The number of hydrogen-bond donors (Lipinski definition) is 2. The second-order valence-corrected chi connectivity index (χ2v) is 8.60. The fourth-order valence-corrected chi connectivity index (χ4v) is 4.51. The van der Waals surface area contributed by atoms with Crippen LogP contribution in [0.25, 0.3) is 28.3 Å². The number of fused-ring (bicyclic) bond motifs is 1. The highest BCUT2D eigenvalue weighted by Gasteiger charge is 2.21. The van der Waals surface area contributed by atoms with Crippen molar-refractivity contribution in [1.29, 1.82) is 0 Å². The summed E-state index contributed by atoms with van der Waals surface area (Å²) in [6.07, 6.45) is 9.40. The van der Waals surface area contributed by atoms with E-state index >= 15 is 0 Å². The Balaban J connectivity index is 1.59. The zero-order valence-electron chi connectivity index (χ0n) is 19.3. The molecule has 3 aromatic heterocycles. The normalized spacial score (nSPS) is 14.1. The summed E-state index contributed by atoms with van der Waals surface area (Å²) in [7, 11) is 1.70. The Hall–Kier alpha value is -3.52. The first kappa shape index (κ1) is 22.3. The van der Waals surface area contributed by atoms with Crippen LogP contribution in [-0.4, -0.2) is 45.7 Å². The number of nitrogens with zero attached hydrogens (tertiary/aromatic N) is 4. The summed E-state index contributed by atoms with van der Waals surface area (Å²) in [5.74, 6) is 0.345.